The molecule has 0 bridgehead atoms. The summed E-state index contributed by atoms with van der Waals surface area (Å²) in [7, 11) is 3.21. The third kappa shape index (κ3) is 4.44. The van der Waals surface area contributed by atoms with Crippen LogP contribution in [-0.2, 0) is 17.8 Å². The first kappa shape index (κ1) is 17.6. The largest absolute Gasteiger partial charge is 0.493 e. The molecule has 1 amide bonds. The lowest BCUT2D eigenvalue weighted by atomic mass is 10.2. The average molecular weight is 355 g/mol. The van der Waals surface area contributed by atoms with Gasteiger partial charge in [0.2, 0.25) is 5.91 Å². The van der Waals surface area contributed by atoms with Crippen LogP contribution in [0, 0.1) is 0 Å². The summed E-state index contributed by atoms with van der Waals surface area (Å²) >= 11 is 0. The molecule has 0 radical (unpaired) electrons. The molecule has 0 fully saturated rings. The Bertz CT molecular complexity index is 856. The molecule has 0 aliphatic carbocycles. The third-order valence-corrected chi connectivity index (χ3v) is 3.93. The maximum Gasteiger partial charge on any atom is 0.224 e. The molecule has 1 N–H and O–H groups in total. The summed E-state index contributed by atoms with van der Waals surface area (Å²) in [5.41, 5.74) is 2.69. The molecule has 0 saturated carbocycles. The van der Waals surface area contributed by atoms with E-state index >= 15 is 0 Å². The minimum absolute atomic E-state index is 0.0585. The zero-order valence-electron chi connectivity index (χ0n) is 14.8. The number of ether oxygens (including phenoxy) is 2. The van der Waals surface area contributed by atoms with Crippen LogP contribution in [0.5, 0.6) is 11.5 Å². The Kier molecular flexibility index (Phi) is 5.58. The van der Waals surface area contributed by atoms with E-state index in [9.17, 15) is 4.79 Å². The molecule has 3 rings (SSSR count). The highest BCUT2D eigenvalue weighted by Crippen LogP contribution is 2.27. The summed E-state index contributed by atoms with van der Waals surface area (Å²) in [4.78, 5) is 12.0. The third-order valence-electron chi connectivity index (χ3n) is 3.93. The summed E-state index contributed by atoms with van der Waals surface area (Å²) in [6, 6.07) is 7.57. The number of rotatable bonds is 8. The van der Waals surface area contributed by atoms with Crippen LogP contribution in [-0.4, -0.2) is 29.9 Å². The van der Waals surface area contributed by atoms with Crippen molar-refractivity contribution >= 4 is 11.6 Å². The minimum atomic E-state index is -0.0585. The molecule has 7 heteroatoms. The number of aryl methyl sites for hydroxylation is 1. The van der Waals surface area contributed by atoms with Crippen molar-refractivity contribution in [2.75, 3.05) is 19.5 Å². The first-order valence-corrected chi connectivity index (χ1v) is 8.22. The highest BCUT2D eigenvalue weighted by molar-refractivity contribution is 5.90. The molecule has 0 aliphatic rings. The van der Waals surface area contributed by atoms with Crippen molar-refractivity contribution in [3.8, 4) is 11.5 Å². The van der Waals surface area contributed by atoms with Crippen molar-refractivity contribution in [3.63, 3.8) is 0 Å². The van der Waals surface area contributed by atoms with E-state index in [1.807, 2.05) is 24.3 Å². The van der Waals surface area contributed by atoms with Gasteiger partial charge < -0.3 is 19.2 Å². The van der Waals surface area contributed by atoms with Gasteiger partial charge in [0.25, 0.3) is 0 Å². The van der Waals surface area contributed by atoms with E-state index in [2.05, 4.69) is 10.4 Å². The SMILES string of the molecule is COc1ccc(Cn2cc(NC(=O)CCc3ccoc3)cn2)cc1OC. The predicted octanol–water partition coefficient (Wildman–Crippen LogP) is 3.11. The highest BCUT2D eigenvalue weighted by Gasteiger charge is 2.08. The number of anilines is 1. The quantitative estimate of drug-likeness (QED) is 0.672. The molecule has 3 aromatic rings. The Labute approximate surface area is 151 Å². The molecule has 2 aromatic heterocycles. The molecular weight excluding hydrogens is 334 g/mol. The summed E-state index contributed by atoms with van der Waals surface area (Å²) in [5.74, 6) is 1.30. The topological polar surface area (TPSA) is 78.5 Å². The molecule has 136 valence electrons. The number of carbonyl (C=O) groups excluding carboxylic acids is 1. The maximum absolute atomic E-state index is 12.0. The summed E-state index contributed by atoms with van der Waals surface area (Å²) < 4.78 is 17.3. The van der Waals surface area contributed by atoms with Crippen LogP contribution < -0.4 is 14.8 Å². The van der Waals surface area contributed by atoms with Gasteiger partial charge in [0.15, 0.2) is 11.5 Å². The van der Waals surface area contributed by atoms with Gasteiger partial charge in [0, 0.05) is 12.6 Å². The predicted molar refractivity (Wildman–Crippen MR) is 96.5 cm³/mol. The number of hydrogen-bond donors (Lipinski definition) is 1. The van der Waals surface area contributed by atoms with E-state index in [0.29, 0.717) is 36.6 Å². The zero-order valence-corrected chi connectivity index (χ0v) is 14.8. The maximum atomic E-state index is 12.0. The van der Waals surface area contributed by atoms with Crippen molar-refractivity contribution in [1.29, 1.82) is 0 Å². The number of carbonyl (C=O) groups is 1. The monoisotopic (exact) mass is 355 g/mol. The second-order valence-electron chi connectivity index (χ2n) is 5.80. The Hall–Kier alpha value is -3.22. The Morgan fingerprint density at radius 2 is 2.04 bits per heavy atom. The van der Waals surface area contributed by atoms with Crippen LogP contribution in [0.4, 0.5) is 5.69 Å². The van der Waals surface area contributed by atoms with Crippen molar-refractivity contribution in [3.05, 3.63) is 60.3 Å². The van der Waals surface area contributed by atoms with Crippen molar-refractivity contribution in [1.82, 2.24) is 9.78 Å². The van der Waals surface area contributed by atoms with Gasteiger partial charge in [-0.05, 0) is 35.7 Å². The summed E-state index contributed by atoms with van der Waals surface area (Å²) in [6.07, 6.45) is 7.71. The molecule has 0 aliphatic heterocycles. The fourth-order valence-electron chi connectivity index (χ4n) is 2.60. The fourth-order valence-corrected chi connectivity index (χ4v) is 2.60. The van der Waals surface area contributed by atoms with Crippen molar-refractivity contribution in [2.45, 2.75) is 19.4 Å². The number of furan rings is 1. The lowest BCUT2D eigenvalue weighted by Gasteiger charge is -2.09. The number of benzene rings is 1. The number of nitrogens with one attached hydrogen (secondary N) is 1. The molecular formula is C19H21N3O4. The lowest BCUT2D eigenvalue weighted by Crippen LogP contribution is -2.11. The zero-order chi connectivity index (χ0) is 18.4. The van der Waals surface area contributed by atoms with Crippen LogP contribution in [0.25, 0.3) is 0 Å². The normalized spacial score (nSPS) is 10.5. The summed E-state index contributed by atoms with van der Waals surface area (Å²) in [5, 5.41) is 7.14. The fraction of sp³-hybridized carbons (Fsp3) is 0.263. The first-order chi connectivity index (χ1) is 12.7. The van der Waals surface area contributed by atoms with E-state index in [1.165, 1.54) is 0 Å². The van der Waals surface area contributed by atoms with Crippen LogP contribution in [0.15, 0.2) is 53.6 Å². The van der Waals surface area contributed by atoms with Crippen LogP contribution in [0.2, 0.25) is 0 Å². The molecule has 0 unspecified atom stereocenters. The van der Waals surface area contributed by atoms with Gasteiger partial charge in [0.1, 0.15) is 0 Å². The second-order valence-corrected chi connectivity index (χ2v) is 5.80. The van der Waals surface area contributed by atoms with Crippen LogP contribution in [0.3, 0.4) is 0 Å². The number of hydrogen-bond acceptors (Lipinski definition) is 5. The average Bonchev–Trinajstić information content (AvgIpc) is 3.32. The second kappa shape index (κ2) is 8.24. The van der Waals surface area contributed by atoms with Crippen molar-refractivity contribution in [2.24, 2.45) is 0 Å². The number of aromatic nitrogens is 2. The molecule has 0 spiro atoms. The number of nitrogens with zero attached hydrogens (tertiary/aromatic N) is 2. The lowest BCUT2D eigenvalue weighted by molar-refractivity contribution is -0.116. The number of amides is 1. The van der Waals surface area contributed by atoms with E-state index in [-0.39, 0.29) is 5.91 Å². The Morgan fingerprint density at radius 1 is 1.19 bits per heavy atom. The number of methoxy groups -OCH3 is 2. The Morgan fingerprint density at radius 3 is 2.77 bits per heavy atom. The van der Waals surface area contributed by atoms with Gasteiger partial charge in [-0.25, -0.2) is 0 Å². The van der Waals surface area contributed by atoms with Crippen molar-refractivity contribution < 1.29 is 18.7 Å². The molecule has 1 aromatic carbocycles. The van der Waals surface area contributed by atoms with Gasteiger partial charge in [0.05, 0.1) is 45.2 Å². The van der Waals surface area contributed by atoms with Gasteiger partial charge in [-0.15, -0.1) is 0 Å². The van der Waals surface area contributed by atoms with Crippen LogP contribution >= 0.6 is 0 Å². The minimum Gasteiger partial charge on any atom is -0.493 e. The standard InChI is InChI=1S/C19H21N3O4/c1-24-17-5-3-15(9-18(17)25-2)11-22-12-16(10-20-22)21-19(23)6-4-14-7-8-26-13-14/h3,5,7-10,12-13H,4,6,11H2,1-2H3,(H,21,23). The first-order valence-electron chi connectivity index (χ1n) is 8.22. The van der Waals surface area contributed by atoms with E-state index < -0.39 is 0 Å². The highest BCUT2D eigenvalue weighted by atomic mass is 16.5. The molecule has 2 heterocycles. The van der Waals surface area contributed by atoms with Gasteiger partial charge in [-0.2, -0.15) is 5.10 Å². The van der Waals surface area contributed by atoms with E-state index in [4.69, 9.17) is 13.9 Å². The smallest absolute Gasteiger partial charge is 0.224 e. The van der Waals surface area contributed by atoms with Gasteiger partial charge in [-0.3, -0.25) is 9.48 Å². The summed E-state index contributed by atoms with van der Waals surface area (Å²) in [6.45, 7) is 0.561. The van der Waals surface area contributed by atoms with Crippen LogP contribution in [0.1, 0.15) is 17.5 Å². The Balaban J connectivity index is 1.56. The van der Waals surface area contributed by atoms with E-state index in [0.717, 1.165) is 11.1 Å². The molecule has 26 heavy (non-hydrogen) atoms. The van der Waals surface area contributed by atoms with Gasteiger partial charge >= 0.3 is 0 Å². The molecule has 0 atom stereocenters. The molecule has 7 nitrogen and oxygen atoms in total. The van der Waals surface area contributed by atoms with E-state index in [1.54, 1.807) is 43.8 Å². The van der Waals surface area contributed by atoms with Gasteiger partial charge in [-0.1, -0.05) is 6.07 Å². The molecule has 0 saturated heterocycles.